The van der Waals surface area contributed by atoms with Crippen molar-refractivity contribution in [1.82, 2.24) is 0 Å². The molecule has 0 aromatic heterocycles. The van der Waals surface area contributed by atoms with Gasteiger partial charge in [0.15, 0.2) is 12.2 Å². The van der Waals surface area contributed by atoms with Crippen LogP contribution in [0.4, 0.5) is 0 Å². The van der Waals surface area contributed by atoms with E-state index in [-0.39, 0.29) is 13.2 Å². The second kappa shape index (κ2) is 25.0. The highest BCUT2D eigenvalue weighted by Gasteiger charge is 2.32. The van der Waals surface area contributed by atoms with Gasteiger partial charge in [0.2, 0.25) is 0 Å². The second-order valence-corrected chi connectivity index (χ2v) is 9.59. The smallest absolute Gasteiger partial charge is 0.338 e. The van der Waals surface area contributed by atoms with Crippen molar-refractivity contribution >= 4 is 11.9 Å². The summed E-state index contributed by atoms with van der Waals surface area (Å²) in [4.78, 5) is 23.7. The molecule has 2 atom stereocenters. The standard InChI is InChI=1S/C28H54O6/c1-3-5-7-9-11-13-15-17-19-21-23-33-27(31)25(29)26(30)28(32)34-24-22-20-18-16-14-12-10-8-6-4-2/h25-26,29-30H,3-24H2,1-2H3/t25-,26-/m0/s1. The van der Waals surface area contributed by atoms with Gasteiger partial charge in [0.1, 0.15) is 0 Å². The van der Waals surface area contributed by atoms with E-state index in [4.69, 9.17) is 9.47 Å². The van der Waals surface area contributed by atoms with Gasteiger partial charge in [-0.2, -0.15) is 0 Å². The predicted molar refractivity (Wildman–Crippen MR) is 138 cm³/mol. The Balaban J connectivity index is 3.63. The van der Waals surface area contributed by atoms with Crippen LogP contribution in [0, 0.1) is 0 Å². The highest BCUT2D eigenvalue weighted by molar-refractivity contribution is 5.85. The molecule has 0 rings (SSSR count). The molecule has 0 saturated heterocycles. The molecule has 0 amide bonds. The van der Waals surface area contributed by atoms with Crippen LogP contribution in [-0.4, -0.2) is 47.6 Å². The molecule has 0 radical (unpaired) electrons. The maximum Gasteiger partial charge on any atom is 0.338 e. The number of carbonyl (C=O) groups excluding carboxylic acids is 2. The SMILES string of the molecule is CCCCCCCCCCCCOC(=O)[C@@H](O)[C@H](O)C(=O)OCCCCCCCCCCCC. The quantitative estimate of drug-likeness (QED) is 0.111. The van der Waals surface area contributed by atoms with E-state index in [0.29, 0.717) is 12.8 Å². The Morgan fingerprint density at radius 3 is 0.971 bits per heavy atom. The van der Waals surface area contributed by atoms with Crippen LogP contribution >= 0.6 is 0 Å². The van der Waals surface area contributed by atoms with E-state index in [1.807, 2.05) is 0 Å². The lowest BCUT2D eigenvalue weighted by atomic mass is 10.1. The number of unbranched alkanes of at least 4 members (excludes halogenated alkanes) is 18. The van der Waals surface area contributed by atoms with Crippen molar-refractivity contribution in [3.8, 4) is 0 Å². The Bertz CT molecular complexity index is 426. The summed E-state index contributed by atoms with van der Waals surface area (Å²) in [6.45, 7) is 4.82. The lowest BCUT2D eigenvalue weighted by Gasteiger charge is -2.16. The van der Waals surface area contributed by atoms with Crippen LogP contribution in [0.1, 0.15) is 142 Å². The number of aliphatic hydroxyl groups excluding tert-OH is 2. The molecule has 2 N–H and O–H groups in total. The molecule has 0 saturated carbocycles. The van der Waals surface area contributed by atoms with Crippen molar-refractivity contribution < 1.29 is 29.3 Å². The van der Waals surface area contributed by atoms with Gasteiger partial charge in [-0.25, -0.2) is 9.59 Å². The average molecular weight is 487 g/mol. The largest absolute Gasteiger partial charge is 0.464 e. The Kier molecular flexibility index (Phi) is 24.1. The summed E-state index contributed by atoms with van der Waals surface area (Å²) in [5.41, 5.74) is 0. The number of hydrogen-bond donors (Lipinski definition) is 2. The van der Waals surface area contributed by atoms with E-state index in [9.17, 15) is 19.8 Å². The summed E-state index contributed by atoms with van der Waals surface area (Å²) < 4.78 is 10.0. The van der Waals surface area contributed by atoms with Crippen LogP contribution in [0.3, 0.4) is 0 Å². The van der Waals surface area contributed by atoms with Crippen LogP contribution in [0.25, 0.3) is 0 Å². The summed E-state index contributed by atoms with van der Waals surface area (Å²) in [7, 11) is 0. The van der Waals surface area contributed by atoms with E-state index < -0.39 is 24.1 Å². The zero-order valence-corrected chi connectivity index (χ0v) is 22.2. The molecule has 0 aliphatic rings. The fraction of sp³-hybridized carbons (Fsp3) is 0.929. The van der Waals surface area contributed by atoms with Gasteiger partial charge < -0.3 is 19.7 Å². The molecular formula is C28H54O6. The number of rotatable bonds is 25. The summed E-state index contributed by atoms with van der Waals surface area (Å²) in [5.74, 6) is -1.95. The molecule has 0 aliphatic heterocycles. The van der Waals surface area contributed by atoms with E-state index >= 15 is 0 Å². The molecular weight excluding hydrogens is 432 g/mol. The third kappa shape index (κ3) is 20.3. The molecule has 0 heterocycles. The topological polar surface area (TPSA) is 93.1 Å². The number of esters is 2. The molecule has 0 aromatic rings. The Labute approximate surface area is 209 Å². The molecule has 0 fully saturated rings. The fourth-order valence-corrected chi connectivity index (χ4v) is 3.95. The molecule has 0 aliphatic carbocycles. The third-order valence-electron chi connectivity index (χ3n) is 6.27. The lowest BCUT2D eigenvalue weighted by molar-refractivity contribution is -0.173. The summed E-state index contributed by atoms with van der Waals surface area (Å²) in [5, 5.41) is 19.7. The summed E-state index contributed by atoms with van der Waals surface area (Å²) >= 11 is 0. The minimum Gasteiger partial charge on any atom is -0.464 e. The average Bonchev–Trinajstić information content (AvgIpc) is 2.84. The Morgan fingerprint density at radius 2 is 0.706 bits per heavy atom. The number of carbonyl (C=O) groups is 2. The maximum absolute atomic E-state index is 11.9. The van der Waals surface area contributed by atoms with Crippen LogP contribution in [0.2, 0.25) is 0 Å². The van der Waals surface area contributed by atoms with E-state index in [2.05, 4.69) is 13.8 Å². The highest BCUT2D eigenvalue weighted by atomic mass is 16.6. The fourth-order valence-electron chi connectivity index (χ4n) is 3.95. The van der Waals surface area contributed by atoms with Gasteiger partial charge in [-0.1, -0.05) is 129 Å². The maximum atomic E-state index is 11.9. The van der Waals surface area contributed by atoms with Crippen molar-refractivity contribution in [2.75, 3.05) is 13.2 Å². The van der Waals surface area contributed by atoms with Crippen molar-refractivity contribution in [3.05, 3.63) is 0 Å². The van der Waals surface area contributed by atoms with E-state index in [1.54, 1.807) is 0 Å². The first-order valence-corrected chi connectivity index (χ1v) is 14.2. The van der Waals surface area contributed by atoms with Gasteiger partial charge in [0.05, 0.1) is 13.2 Å². The Morgan fingerprint density at radius 1 is 0.471 bits per heavy atom. The van der Waals surface area contributed by atoms with Gasteiger partial charge >= 0.3 is 11.9 Å². The minimum absolute atomic E-state index is 0.187. The number of ether oxygens (including phenoxy) is 2. The normalized spacial score (nSPS) is 12.9. The van der Waals surface area contributed by atoms with Crippen molar-refractivity contribution in [1.29, 1.82) is 0 Å². The summed E-state index contributed by atoms with van der Waals surface area (Å²) in [6.07, 6.45) is 19.6. The number of hydrogen-bond acceptors (Lipinski definition) is 6. The predicted octanol–water partition coefficient (Wildman–Crippen LogP) is 6.64. The molecule has 6 nitrogen and oxygen atoms in total. The zero-order chi connectivity index (χ0) is 25.3. The third-order valence-corrected chi connectivity index (χ3v) is 6.27. The molecule has 6 heteroatoms. The first-order chi connectivity index (χ1) is 16.5. The lowest BCUT2D eigenvalue weighted by Crippen LogP contribution is -2.41. The monoisotopic (exact) mass is 486 g/mol. The summed E-state index contributed by atoms with van der Waals surface area (Å²) in [6, 6.07) is 0. The van der Waals surface area contributed by atoms with Gasteiger partial charge in [-0.05, 0) is 12.8 Å². The van der Waals surface area contributed by atoms with Crippen LogP contribution in [0.5, 0.6) is 0 Å². The second-order valence-electron chi connectivity index (χ2n) is 9.59. The first kappa shape index (κ1) is 32.9. The van der Waals surface area contributed by atoms with E-state index in [1.165, 1.54) is 89.9 Å². The van der Waals surface area contributed by atoms with Gasteiger partial charge in [0, 0.05) is 0 Å². The van der Waals surface area contributed by atoms with Crippen LogP contribution in [-0.2, 0) is 19.1 Å². The first-order valence-electron chi connectivity index (χ1n) is 14.2. The van der Waals surface area contributed by atoms with E-state index in [0.717, 1.165) is 25.7 Å². The molecule has 0 unspecified atom stereocenters. The van der Waals surface area contributed by atoms with Crippen molar-refractivity contribution in [3.63, 3.8) is 0 Å². The Hall–Kier alpha value is -1.14. The van der Waals surface area contributed by atoms with Crippen LogP contribution in [0.15, 0.2) is 0 Å². The highest BCUT2D eigenvalue weighted by Crippen LogP contribution is 2.12. The van der Waals surface area contributed by atoms with Gasteiger partial charge in [-0.3, -0.25) is 0 Å². The molecule has 0 spiro atoms. The molecule has 0 bridgehead atoms. The van der Waals surface area contributed by atoms with Crippen molar-refractivity contribution in [2.45, 2.75) is 154 Å². The zero-order valence-electron chi connectivity index (χ0n) is 22.2. The van der Waals surface area contributed by atoms with Crippen LogP contribution < -0.4 is 0 Å². The molecule has 34 heavy (non-hydrogen) atoms. The van der Waals surface area contributed by atoms with Crippen molar-refractivity contribution in [2.24, 2.45) is 0 Å². The minimum atomic E-state index is -1.90. The number of aliphatic hydroxyl groups is 2. The van der Waals surface area contributed by atoms with Gasteiger partial charge in [0.25, 0.3) is 0 Å². The van der Waals surface area contributed by atoms with Gasteiger partial charge in [-0.15, -0.1) is 0 Å². The molecule has 0 aromatic carbocycles. The molecule has 202 valence electrons.